The maximum absolute atomic E-state index is 12.8. The zero-order chi connectivity index (χ0) is 96.5. The predicted molar refractivity (Wildman–Crippen MR) is 510 cm³/mol. The van der Waals surface area contributed by atoms with Crippen molar-refractivity contribution in [1.82, 2.24) is 40.5 Å². The van der Waals surface area contributed by atoms with Crippen LogP contribution in [0.3, 0.4) is 0 Å². The highest BCUT2D eigenvalue weighted by atomic mass is 79.9. The van der Waals surface area contributed by atoms with Gasteiger partial charge in [-0.15, -0.1) is 0 Å². The number of para-hydroxylation sites is 2. The Hall–Kier alpha value is -10.0. The number of nitrogens with zero attached hydrogens (tertiary/aromatic N) is 9. The van der Waals surface area contributed by atoms with Crippen LogP contribution in [0, 0.1) is 26.7 Å². The van der Waals surface area contributed by atoms with E-state index >= 15 is 0 Å². The first-order valence-corrected chi connectivity index (χ1v) is 53.3. The van der Waals surface area contributed by atoms with Crippen molar-refractivity contribution < 1.29 is 86.5 Å². The number of hydrogen-bond donors (Lipinski definition) is 0. The summed E-state index contributed by atoms with van der Waals surface area (Å²) in [6.07, 6.45) is 8.23. The molecule has 6 aliphatic heterocycles. The number of methoxy groups -OCH3 is 1. The van der Waals surface area contributed by atoms with Crippen molar-refractivity contribution in [2.75, 3.05) is 153 Å². The van der Waals surface area contributed by atoms with Gasteiger partial charge in [0.05, 0.1) is 13.7 Å². The van der Waals surface area contributed by atoms with E-state index in [1.165, 1.54) is 69.3 Å². The molecule has 0 aliphatic carbocycles. The van der Waals surface area contributed by atoms with Crippen molar-refractivity contribution in [3.8, 4) is 11.5 Å². The molecule has 0 saturated carbocycles. The number of likely N-dealkylation sites (N-methyl/N-ethyl adjacent to an activating group) is 3. The molecule has 18 rings (SSSR count). The molecule has 42 heteroatoms. The highest BCUT2D eigenvalue weighted by molar-refractivity contribution is 9.10. The second-order valence-electron chi connectivity index (χ2n) is 33.7. The zero-order valence-corrected chi connectivity index (χ0v) is 82.2. The number of halogens is 1. The molecule has 0 amide bonds. The van der Waals surface area contributed by atoms with Crippen LogP contribution in [0.1, 0.15) is 88.3 Å². The fraction of sp³-hybridized carbons (Fsp3) is 0.413. The lowest BCUT2D eigenvalue weighted by Gasteiger charge is -2.31. The molecular weight excluding hydrogens is 1920 g/mol. The van der Waals surface area contributed by atoms with Crippen molar-refractivity contribution in [3.05, 3.63) is 229 Å². The smallest absolute Gasteiger partial charge is 0.356 e. The Morgan fingerprint density at radius 1 is 0.321 bits per heavy atom. The number of rotatable bonds is 15. The lowest BCUT2D eigenvalue weighted by Crippen LogP contribution is -2.47. The van der Waals surface area contributed by atoms with Gasteiger partial charge < -0.3 is 50.7 Å². The van der Waals surface area contributed by atoms with Crippen LogP contribution >= 0.6 is 15.9 Å². The maximum Gasteiger partial charge on any atom is 0.356 e. The minimum Gasteiger partial charge on any atom is -0.493 e. The Morgan fingerprint density at radius 3 is 0.925 bits per heavy atom. The summed E-state index contributed by atoms with van der Waals surface area (Å²) in [7, 11) is -15.7. The summed E-state index contributed by atoms with van der Waals surface area (Å²) in [5.41, 5.74) is 0.100. The maximum atomic E-state index is 12.8. The number of fused-ring (bicyclic) bond motifs is 6. The van der Waals surface area contributed by atoms with Gasteiger partial charge in [-0.2, -0.15) is 25.8 Å². The van der Waals surface area contributed by atoms with Crippen LogP contribution in [0.4, 0.5) is 0 Å². The molecule has 12 aromatic rings. The third-order valence-corrected chi connectivity index (χ3v) is 35.5. The second kappa shape index (κ2) is 43.1. The van der Waals surface area contributed by atoms with Gasteiger partial charge in [0.25, 0.3) is 0 Å². The van der Waals surface area contributed by atoms with Crippen LogP contribution < -0.4 is 43.2 Å². The highest BCUT2D eigenvalue weighted by Crippen LogP contribution is 2.33. The van der Waals surface area contributed by atoms with Gasteiger partial charge in [-0.3, -0.25) is 0 Å². The number of hydrogen-bond acceptors (Lipinski definition) is 29. The number of aryl methyl sites for hydroxylation is 3. The SMILES string of the molecule is CCOc1cccc2cc(S(=O)(=O)N3CCN(C)CC3)c(=O)oc12.CN1CCN(S(=O)(=O)c2cc3cc(Br)ccc3oc2=O)CC1.COc1cccc2cc(S(=O)(=O)N3CCN(C)CC3)c(=O)oc12.Cc1ccc2oc(=O)c(S(=O)(=O)N3CCCC(C)C3)cc2c1.Cc1ccc2oc(=O)c(S(=O)(=O)N3CCCCC3)cc2c1.Cc1ccc2oc(=O)c(S(=O)(=O)N3CCCCCC3)cc2c1. The van der Waals surface area contributed by atoms with Gasteiger partial charge in [-0.1, -0.05) is 101 Å². The zero-order valence-electron chi connectivity index (χ0n) is 75.7. The van der Waals surface area contributed by atoms with Gasteiger partial charge in [0, 0.05) is 155 Å². The fourth-order valence-electron chi connectivity index (χ4n) is 16.1. The standard InChI is InChI=1S/C16H20N2O5S.2C16H19NO4S.C15H18N2O5S.C15H17NO4S.C14H15BrN2O4S/c1-3-22-13-6-4-5-12-11-14(16(19)23-15(12)13)24(20,21)18-9-7-17(2)8-10-18;1-11-5-6-14-13(8-11)9-15(16(18)21-14)22(19,20)17-7-3-4-12(2)10-17;1-12-6-7-14-13(10-12)11-15(16(18)21-14)22(19,20)17-8-4-2-3-5-9-17;1-16-6-8-17(9-7-16)23(19,20)13-10-11-4-3-5-12(21-2)14(11)22-15(13)18;1-11-5-6-13-12(9-11)10-14(15(17)20-13)21(18,19)16-7-3-2-4-8-16;1-16-4-6-17(7-5-16)22(19,20)13-9-10-8-11(15)2-3-12(10)21-14(13)18/h4-6,11H,3,7-10H2,1-2H3;5-6,8-9,12H,3-4,7,10H2,1-2H3;6-7,10-11H,2-5,8-9H2,1H3;3-5,10H,6-9H2,1-2H3;5-6,9-10H,2-4,7-8H2,1H3;2-3,8-9H,4-7H2,1H3. The van der Waals surface area contributed by atoms with Crippen LogP contribution in [-0.2, 0) is 60.1 Å². The lowest BCUT2D eigenvalue weighted by molar-refractivity contribution is 0.222. The molecule has 1 atom stereocenters. The van der Waals surface area contributed by atoms with E-state index in [1.54, 1.807) is 72.8 Å². The van der Waals surface area contributed by atoms with Crippen molar-refractivity contribution in [2.24, 2.45) is 5.92 Å². The van der Waals surface area contributed by atoms with Crippen molar-refractivity contribution in [2.45, 2.75) is 122 Å². The summed E-state index contributed by atoms with van der Waals surface area (Å²) in [6, 6.07) is 39.7. The number of ether oxygens (including phenoxy) is 2. The van der Waals surface area contributed by atoms with Crippen molar-refractivity contribution in [1.29, 1.82) is 0 Å². The Balaban J connectivity index is 0.000000136. The van der Waals surface area contributed by atoms with E-state index in [1.807, 2.05) is 107 Å². The van der Waals surface area contributed by atoms with Crippen LogP contribution in [0.15, 0.2) is 235 Å². The topological polar surface area (TPSA) is 434 Å². The molecule has 6 aliphatic rings. The van der Waals surface area contributed by atoms with Gasteiger partial charge in [0.2, 0.25) is 60.1 Å². The third-order valence-electron chi connectivity index (χ3n) is 23.7. The average molecular weight is 2030 g/mol. The van der Waals surface area contributed by atoms with Gasteiger partial charge in [0.1, 0.15) is 22.3 Å². The Bertz CT molecular complexity index is 7360. The molecule has 6 aromatic carbocycles. The van der Waals surface area contributed by atoms with Crippen molar-refractivity contribution >= 4 is 142 Å². The normalized spacial score (nSPS) is 17.9. The molecule has 0 radical (unpaired) electrons. The van der Waals surface area contributed by atoms with Gasteiger partial charge in [-0.05, 0) is 196 Å². The Morgan fingerprint density at radius 2 is 0.597 bits per heavy atom. The van der Waals surface area contributed by atoms with E-state index in [2.05, 4.69) is 15.9 Å². The molecule has 6 fully saturated rings. The van der Waals surface area contributed by atoms with Gasteiger partial charge in [-0.25, -0.2) is 79.3 Å². The third kappa shape index (κ3) is 23.4. The van der Waals surface area contributed by atoms with Crippen LogP contribution in [0.2, 0.25) is 0 Å². The molecule has 1 unspecified atom stereocenters. The van der Waals surface area contributed by atoms with Crippen LogP contribution in [0.5, 0.6) is 11.5 Å². The minimum absolute atomic E-state index is 0.248. The first kappa shape index (κ1) is 101. The van der Waals surface area contributed by atoms with E-state index in [0.717, 1.165) is 79.0 Å². The first-order chi connectivity index (χ1) is 63.6. The number of piperidine rings is 2. The van der Waals surface area contributed by atoms with Crippen molar-refractivity contribution in [3.63, 3.8) is 0 Å². The summed E-state index contributed by atoms with van der Waals surface area (Å²) in [5, 5.41) is 3.49. The Labute approximate surface area is 784 Å². The van der Waals surface area contributed by atoms with Crippen LogP contribution in [-0.4, -0.2) is 244 Å². The highest BCUT2D eigenvalue weighted by Gasteiger charge is 2.38. The molecule has 0 N–H and O–H groups in total. The van der Waals surface area contributed by atoms with E-state index < -0.39 is 93.9 Å². The van der Waals surface area contributed by atoms with E-state index in [4.69, 9.17) is 36.0 Å². The van der Waals surface area contributed by atoms with Gasteiger partial charge >= 0.3 is 33.8 Å². The summed E-state index contributed by atoms with van der Waals surface area (Å²) in [4.78, 5) is 77.3. The van der Waals surface area contributed by atoms with E-state index in [-0.39, 0.29) is 40.5 Å². The second-order valence-corrected chi connectivity index (χ2v) is 46.1. The number of piperazine rings is 3. The van der Waals surface area contributed by atoms with E-state index in [0.29, 0.717) is 196 Å². The Kier molecular flexibility index (Phi) is 32.7. The molecule has 0 spiro atoms. The van der Waals surface area contributed by atoms with Crippen LogP contribution in [0.25, 0.3) is 65.8 Å². The molecular formula is C92H108BrN9O26S6. The number of sulfonamides is 6. The summed E-state index contributed by atoms with van der Waals surface area (Å²) in [6.45, 7) is 18.7. The largest absolute Gasteiger partial charge is 0.493 e. The molecule has 6 aromatic heterocycles. The van der Waals surface area contributed by atoms with E-state index in [9.17, 15) is 79.3 Å². The monoisotopic (exact) mass is 2030 g/mol. The molecule has 6 saturated heterocycles. The number of benzene rings is 6. The molecule has 12 heterocycles. The summed E-state index contributed by atoms with van der Waals surface area (Å²) < 4.78 is 203. The first-order valence-electron chi connectivity index (χ1n) is 43.8. The molecule has 134 heavy (non-hydrogen) atoms. The molecule has 35 nitrogen and oxygen atoms in total. The quantitative estimate of drug-likeness (QED) is 0.0860. The predicted octanol–water partition coefficient (Wildman–Crippen LogP) is 10.8. The summed E-state index contributed by atoms with van der Waals surface area (Å²) in [5.74, 6) is 1.12. The molecule has 720 valence electrons. The van der Waals surface area contributed by atoms with Gasteiger partial charge in [0.15, 0.2) is 52.0 Å². The summed E-state index contributed by atoms with van der Waals surface area (Å²) >= 11 is 3.32. The molecule has 0 bridgehead atoms. The average Bonchev–Trinajstić information content (AvgIpc) is 0.996. The lowest BCUT2D eigenvalue weighted by atomic mass is 10.0. The minimum atomic E-state index is -3.87. The fourth-order valence-corrected chi connectivity index (χ4v) is 25.6.